The smallest absolute Gasteiger partial charge is 0.301 e. The van der Waals surface area contributed by atoms with Crippen molar-refractivity contribution in [2.24, 2.45) is 0 Å². The van der Waals surface area contributed by atoms with Crippen molar-refractivity contribution < 1.29 is 13.2 Å². The van der Waals surface area contributed by atoms with Gasteiger partial charge in [0.15, 0.2) is 0 Å². The third-order valence-corrected chi connectivity index (χ3v) is 4.45. The number of methoxy groups -OCH3 is 1. The van der Waals surface area contributed by atoms with Gasteiger partial charge < -0.3 is 10.1 Å². The van der Waals surface area contributed by atoms with Crippen molar-refractivity contribution in [2.75, 3.05) is 31.2 Å². The van der Waals surface area contributed by atoms with Crippen LogP contribution in [0.2, 0.25) is 0 Å². The van der Waals surface area contributed by atoms with Gasteiger partial charge in [-0.05, 0) is 36.4 Å². The normalized spacial score (nSPS) is 11.3. The Balaban J connectivity index is 2.13. The number of ether oxygens (including phenoxy) is 1. The Labute approximate surface area is 130 Å². The van der Waals surface area contributed by atoms with Crippen molar-refractivity contribution in [3.63, 3.8) is 0 Å². The predicted octanol–water partition coefficient (Wildman–Crippen LogP) is 2.66. The van der Waals surface area contributed by atoms with Crippen LogP contribution in [0.15, 0.2) is 48.5 Å². The highest BCUT2D eigenvalue weighted by molar-refractivity contribution is 7.90. The number of anilines is 3. The topological polar surface area (TPSA) is 70.7 Å². The summed E-state index contributed by atoms with van der Waals surface area (Å²) < 4.78 is 32.4. The minimum atomic E-state index is -3.49. The molecule has 0 aromatic heterocycles. The van der Waals surface area contributed by atoms with E-state index >= 15 is 0 Å². The number of hydrogen-bond donors (Lipinski definition) is 2. The van der Waals surface area contributed by atoms with Gasteiger partial charge in [0.2, 0.25) is 0 Å². The van der Waals surface area contributed by atoms with E-state index in [1.165, 1.54) is 14.1 Å². The second kappa shape index (κ2) is 6.67. The summed E-state index contributed by atoms with van der Waals surface area (Å²) in [5.74, 6) is 0.736. The first kappa shape index (κ1) is 16.1. The van der Waals surface area contributed by atoms with Crippen LogP contribution in [0.4, 0.5) is 17.1 Å². The van der Waals surface area contributed by atoms with Crippen LogP contribution < -0.4 is 14.8 Å². The molecule has 0 bridgehead atoms. The standard InChI is InChI=1S/C15H19N3O3S/c1-18(2)22(19,20)17-13-10-8-12(9-11-13)16-14-6-4-5-7-15(14)21-3/h4-11,16-17H,1-3H3. The molecule has 0 spiro atoms. The fourth-order valence-corrected chi connectivity index (χ4v) is 2.38. The quantitative estimate of drug-likeness (QED) is 0.858. The van der Waals surface area contributed by atoms with Crippen LogP contribution in [0.1, 0.15) is 0 Å². The maximum absolute atomic E-state index is 11.7. The van der Waals surface area contributed by atoms with Gasteiger partial charge in [0.1, 0.15) is 5.75 Å². The van der Waals surface area contributed by atoms with Crippen molar-refractivity contribution in [3.8, 4) is 5.75 Å². The molecule has 2 aromatic carbocycles. The molecule has 0 aliphatic rings. The molecular formula is C15H19N3O3S. The van der Waals surface area contributed by atoms with Gasteiger partial charge in [-0.2, -0.15) is 12.7 Å². The van der Waals surface area contributed by atoms with Gasteiger partial charge >= 0.3 is 10.2 Å². The molecule has 0 radical (unpaired) electrons. The number of nitrogens with one attached hydrogen (secondary N) is 2. The Bertz CT molecular complexity index is 728. The molecule has 0 amide bonds. The molecule has 118 valence electrons. The molecule has 7 heteroatoms. The highest BCUT2D eigenvalue weighted by atomic mass is 32.2. The van der Waals surface area contributed by atoms with Crippen LogP contribution in [0.25, 0.3) is 0 Å². The first-order chi connectivity index (χ1) is 10.4. The van der Waals surface area contributed by atoms with E-state index in [-0.39, 0.29) is 0 Å². The first-order valence-corrected chi connectivity index (χ1v) is 8.07. The third kappa shape index (κ3) is 3.90. The van der Waals surface area contributed by atoms with E-state index in [9.17, 15) is 8.42 Å². The zero-order valence-electron chi connectivity index (χ0n) is 12.7. The number of hydrogen-bond acceptors (Lipinski definition) is 4. The van der Waals surface area contributed by atoms with E-state index in [4.69, 9.17) is 4.74 Å². The molecule has 0 aliphatic carbocycles. The molecule has 0 unspecified atom stereocenters. The first-order valence-electron chi connectivity index (χ1n) is 6.63. The lowest BCUT2D eigenvalue weighted by Gasteiger charge is -2.14. The molecule has 0 fully saturated rings. The van der Waals surface area contributed by atoms with E-state index < -0.39 is 10.2 Å². The average Bonchev–Trinajstić information content (AvgIpc) is 2.49. The van der Waals surface area contributed by atoms with Crippen LogP contribution in [0.3, 0.4) is 0 Å². The summed E-state index contributed by atoms with van der Waals surface area (Å²) in [6, 6.07) is 14.5. The SMILES string of the molecule is COc1ccccc1Nc1ccc(NS(=O)(=O)N(C)C)cc1. The second-order valence-electron chi connectivity index (χ2n) is 4.79. The lowest BCUT2D eigenvalue weighted by Crippen LogP contribution is -2.28. The Morgan fingerprint density at radius 3 is 2.14 bits per heavy atom. The zero-order chi connectivity index (χ0) is 16.2. The van der Waals surface area contributed by atoms with Crippen LogP contribution in [-0.2, 0) is 10.2 Å². The molecule has 0 saturated heterocycles. The highest BCUT2D eigenvalue weighted by Gasteiger charge is 2.12. The van der Waals surface area contributed by atoms with Crippen molar-refractivity contribution >= 4 is 27.3 Å². The molecule has 6 nitrogen and oxygen atoms in total. The van der Waals surface area contributed by atoms with Gasteiger partial charge in [-0.25, -0.2) is 0 Å². The Morgan fingerprint density at radius 1 is 0.955 bits per heavy atom. The molecule has 2 aromatic rings. The van der Waals surface area contributed by atoms with Gasteiger partial charge in [-0.15, -0.1) is 0 Å². The summed E-state index contributed by atoms with van der Waals surface area (Å²) in [6.07, 6.45) is 0. The van der Waals surface area contributed by atoms with Gasteiger partial charge in [-0.1, -0.05) is 12.1 Å². The molecule has 0 aliphatic heterocycles. The van der Waals surface area contributed by atoms with Crippen molar-refractivity contribution in [1.29, 1.82) is 0 Å². The Morgan fingerprint density at radius 2 is 1.55 bits per heavy atom. The summed E-state index contributed by atoms with van der Waals surface area (Å²) in [6.45, 7) is 0. The van der Waals surface area contributed by atoms with Crippen LogP contribution in [0, 0.1) is 0 Å². The van der Waals surface area contributed by atoms with Crippen LogP contribution in [-0.4, -0.2) is 33.9 Å². The highest BCUT2D eigenvalue weighted by Crippen LogP contribution is 2.27. The fourth-order valence-electron chi connectivity index (χ4n) is 1.77. The number of nitrogens with zero attached hydrogens (tertiary/aromatic N) is 1. The number of para-hydroxylation sites is 2. The largest absolute Gasteiger partial charge is 0.495 e. The van der Waals surface area contributed by atoms with Gasteiger partial charge in [-0.3, -0.25) is 4.72 Å². The van der Waals surface area contributed by atoms with Crippen LogP contribution >= 0.6 is 0 Å². The van der Waals surface area contributed by atoms with Gasteiger partial charge in [0.25, 0.3) is 0 Å². The average molecular weight is 321 g/mol. The monoisotopic (exact) mass is 321 g/mol. The van der Waals surface area contributed by atoms with Gasteiger partial charge in [0.05, 0.1) is 12.8 Å². The molecule has 0 atom stereocenters. The van der Waals surface area contributed by atoms with Gasteiger partial charge in [0, 0.05) is 25.5 Å². The van der Waals surface area contributed by atoms with E-state index in [0.29, 0.717) is 5.69 Å². The van der Waals surface area contributed by atoms with Crippen LogP contribution in [0.5, 0.6) is 5.75 Å². The van der Waals surface area contributed by atoms with E-state index in [0.717, 1.165) is 21.4 Å². The third-order valence-electron chi connectivity index (χ3n) is 3.00. The van der Waals surface area contributed by atoms with Crippen molar-refractivity contribution in [3.05, 3.63) is 48.5 Å². The summed E-state index contributed by atoms with van der Waals surface area (Å²) in [5, 5.41) is 3.22. The molecule has 2 rings (SSSR count). The maximum atomic E-state index is 11.7. The second-order valence-corrected chi connectivity index (χ2v) is 6.68. The predicted molar refractivity (Wildman–Crippen MR) is 88.9 cm³/mol. The van der Waals surface area contributed by atoms with E-state index in [2.05, 4.69) is 10.0 Å². The summed E-state index contributed by atoms with van der Waals surface area (Å²) in [7, 11) is 1.06. The minimum Gasteiger partial charge on any atom is -0.495 e. The summed E-state index contributed by atoms with van der Waals surface area (Å²) in [4.78, 5) is 0. The summed E-state index contributed by atoms with van der Waals surface area (Å²) in [5.41, 5.74) is 2.17. The van der Waals surface area contributed by atoms with E-state index in [1.807, 2.05) is 24.3 Å². The Hall–Kier alpha value is -2.25. The lowest BCUT2D eigenvalue weighted by molar-refractivity contribution is 0.417. The Kier molecular flexibility index (Phi) is 4.89. The minimum absolute atomic E-state index is 0.499. The van der Waals surface area contributed by atoms with Crippen molar-refractivity contribution in [1.82, 2.24) is 4.31 Å². The number of benzene rings is 2. The summed E-state index contributed by atoms with van der Waals surface area (Å²) >= 11 is 0. The zero-order valence-corrected chi connectivity index (χ0v) is 13.5. The molecule has 0 heterocycles. The molecular weight excluding hydrogens is 302 g/mol. The van der Waals surface area contributed by atoms with E-state index in [1.54, 1.807) is 31.4 Å². The lowest BCUT2D eigenvalue weighted by atomic mass is 10.2. The molecule has 0 saturated carbocycles. The number of rotatable bonds is 6. The van der Waals surface area contributed by atoms with Crippen molar-refractivity contribution in [2.45, 2.75) is 0 Å². The maximum Gasteiger partial charge on any atom is 0.301 e. The molecule has 22 heavy (non-hydrogen) atoms. The molecule has 2 N–H and O–H groups in total. The fraction of sp³-hybridized carbons (Fsp3) is 0.200.